The van der Waals surface area contributed by atoms with Crippen LogP contribution in [0.1, 0.15) is 0 Å². The number of rotatable bonds is 4. The molecule has 0 radical (unpaired) electrons. The van der Waals surface area contributed by atoms with Gasteiger partial charge in [0.1, 0.15) is 4.90 Å². The van der Waals surface area contributed by atoms with Gasteiger partial charge in [-0.25, -0.2) is 27.0 Å². The second-order valence-corrected chi connectivity index (χ2v) is 8.63. The number of sulfonamides is 2. The number of nitrogens with two attached hydrogens (primary N) is 1. The van der Waals surface area contributed by atoms with Gasteiger partial charge in [-0.2, -0.15) is 0 Å². The molecule has 20 heavy (non-hydrogen) atoms. The maximum Gasteiger partial charge on any atom is 0.273 e. The van der Waals surface area contributed by atoms with E-state index in [2.05, 4.69) is 9.71 Å². The Hall–Kier alpha value is -1.20. The number of benzene rings is 1. The van der Waals surface area contributed by atoms with Crippen LogP contribution in [0.2, 0.25) is 4.47 Å². The van der Waals surface area contributed by atoms with Crippen molar-refractivity contribution in [3.8, 4) is 0 Å². The van der Waals surface area contributed by atoms with E-state index in [1.54, 1.807) is 0 Å². The molecular weight excluding hydrogens is 346 g/mol. The highest BCUT2D eigenvalue weighted by Gasteiger charge is 2.21. The molecule has 0 saturated carbocycles. The molecule has 0 unspecified atom stereocenters. The molecule has 0 fully saturated rings. The number of primary sulfonamides is 1. The fraction of sp³-hybridized carbons (Fsp3) is 0. The summed E-state index contributed by atoms with van der Waals surface area (Å²) in [5.74, 6) is 0. The zero-order valence-electron chi connectivity index (χ0n) is 9.65. The van der Waals surface area contributed by atoms with Crippen LogP contribution in [-0.4, -0.2) is 21.8 Å². The highest BCUT2D eigenvalue weighted by atomic mass is 35.5. The van der Waals surface area contributed by atoms with Crippen molar-refractivity contribution in [2.75, 3.05) is 4.72 Å². The summed E-state index contributed by atoms with van der Waals surface area (Å²) < 4.78 is 49.0. The van der Waals surface area contributed by atoms with E-state index in [0.717, 1.165) is 17.5 Å². The van der Waals surface area contributed by atoms with Crippen molar-refractivity contribution in [1.29, 1.82) is 0 Å². The van der Waals surface area contributed by atoms with Crippen LogP contribution in [0.15, 0.2) is 39.6 Å². The monoisotopic (exact) mass is 353 g/mol. The van der Waals surface area contributed by atoms with Gasteiger partial charge in [0.15, 0.2) is 8.68 Å². The van der Waals surface area contributed by atoms with Crippen LogP contribution in [0, 0.1) is 0 Å². The smallest absolute Gasteiger partial charge is 0.273 e. The van der Waals surface area contributed by atoms with E-state index in [0.29, 0.717) is 0 Å². The minimum Gasteiger partial charge on any atom is -0.278 e. The normalized spacial score (nSPS) is 12.3. The molecule has 0 aliphatic carbocycles. The number of nitrogens with zero attached hydrogens (tertiary/aromatic N) is 1. The lowest BCUT2D eigenvalue weighted by Gasteiger charge is -2.09. The largest absolute Gasteiger partial charge is 0.278 e. The van der Waals surface area contributed by atoms with Crippen LogP contribution in [0.25, 0.3) is 0 Å². The van der Waals surface area contributed by atoms with Crippen molar-refractivity contribution < 1.29 is 16.8 Å². The van der Waals surface area contributed by atoms with Gasteiger partial charge < -0.3 is 0 Å². The maximum absolute atomic E-state index is 12.1. The fourth-order valence-corrected chi connectivity index (χ4v) is 4.49. The lowest BCUT2D eigenvalue weighted by atomic mass is 10.3. The van der Waals surface area contributed by atoms with E-state index in [9.17, 15) is 16.8 Å². The van der Waals surface area contributed by atoms with Gasteiger partial charge in [0.25, 0.3) is 10.0 Å². The highest BCUT2D eigenvalue weighted by Crippen LogP contribution is 2.27. The molecule has 0 aliphatic rings. The number of halogens is 1. The first-order valence-corrected chi connectivity index (χ1v) is 9.18. The van der Waals surface area contributed by atoms with Crippen molar-refractivity contribution in [2.24, 2.45) is 5.14 Å². The minimum atomic E-state index is -4.05. The van der Waals surface area contributed by atoms with E-state index >= 15 is 0 Å². The van der Waals surface area contributed by atoms with Gasteiger partial charge in [-0.15, -0.1) is 0 Å². The lowest BCUT2D eigenvalue weighted by molar-refractivity contribution is 0.598. The Balaban J connectivity index is 2.46. The van der Waals surface area contributed by atoms with Gasteiger partial charge in [0.2, 0.25) is 10.0 Å². The molecule has 0 amide bonds. The Morgan fingerprint density at radius 2 is 1.85 bits per heavy atom. The highest BCUT2D eigenvalue weighted by molar-refractivity contribution is 7.95. The predicted octanol–water partition coefficient (Wildman–Crippen LogP) is 1.24. The molecule has 2 rings (SSSR count). The zero-order valence-corrected chi connectivity index (χ0v) is 12.9. The summed E-state index contributed by atoms with van der Waals surface area (Å²) >= 11 is 6.32. The molecule has 1 aromatic heterocycles. The van der Waals surface area contributed by atoms with Crippen LogP contribution < -0.4 is 9.86 Å². The first kappa shape index (κ1) is 15.2. The van der Waals surface area contributed by atoms with E-state index in [4.69, 9.17) is 16.7 Å². The minimum absolute atomic E-state index is 0.0603. The molecule has 0 spiro atoms. The number of thiazole rings is 1. The second-order valence-electron chi connectivity index (χ2n) is 3.58. The third-order valence-electron chi connectivity index (χ3n) is 2.16. The van der Waals surface area contributed by atoms with Crippen molar-refractivity contribution >= 4 is 48.7 Å². The lowest BCUT2D eigenvalue weighted by Crippen LogP contribution is -2.18. The predicted molar refractivity (Wildman–Crippen MR) is 75.7 cm³/mol. The molecule has 0 aliphatic heterocycles. The Bertz CT molecular complexity index is 845. The molecular formula is C9H8ClN3O4S3. The van der Waals surface area contributed by atoms with Crippen LogP contribution in [-0.2, 0) is 20.0 Å². The Kier molecular flexibility index (Phi) is 4.02. The summed E-state index contributed by atoms with van der Waals surface area (Å²) in [7, 11) is -8.02. The van der Waals surface area contributed by atoms with Gasteiger partial charge in [-0.1, -0.05) is 35.1 Å². The van der Waals surface area contributed by atoms with Crippen molar-refractivity contribution in [1.82, 2.24) is 4.98 Å². The number of para-hydroxylation sites is 1. The van der Waals surface area contributed by atoms with Crippen LogP contribution in [0.3, 0.4) is 0 Å². The Morgan fingerprint density at radius 1 is 1.20 bits per heavy atom. The van der Waals surface area contributed by atoms with Gasteiger partial charge in [0, 0.05) is 0 Å². The maximum atomic E-state index is 12.1. The topological polar surface area (TPSA) is 119 Å². The number of anilines is 1. The number of nitrogens with one attached hydrogen (secondary N) is 1. The average Bonchev–Trinajstić information content (AvgIpc) is 2.75. The summed E-state index contributed by atoms with van der Waals surface area (Å²) in [6.07, 6.45) is 1.08. The van der Waals surface area contributed by atoms with E-state index < -0.39 is 20.0 Å². The van der Waals surface area contributed by atoms with E-state index in [1.807, 2.05) is 0 Å². The molecule has 2 aromatic rings. The van der Waals surface area contributed by atoms with Crippen molar-refractivity contribution in [3.63, 3.8) is 0 Å². The third-order valence-corrected chi connectivity index (χ3v) is 6.07. The number of hydrogen-bond donors (Lipinski definition) is 2. The summed E-state index contributed by atoms with van der Waals surface area (Å²) in [6, 6.07) is 5.40. The number of aromatic nitrogens is 1. The molecule has 0 saturated heterocycles. The molecule has 11 heteroatoms. The second kappa shape index (κ2) is 5.30. The van der Waals surface area contributed by atoms with Gasteiger partial charge in [0.05, 0.1) is 11.9 Å². The molecule has 108 valence electrons. The SMILES string of the molecule is NS(=O)(=O)c1ccccc1NS(=O)(=O)c1cnc(Cl)s1. The fourth-order valence-electron chi connectivity index (χ4n) is 1.36. The molecule has 3 N–H and O–H groups in total. The van der Waals surface area contributed by atoms with Gasteiger partial charge >= 0.3 is 0 Å². The van der Waals surface area contributed by atoms with Crippen LogP contribution in [0.5, 0.6) is 0 Å². The van der Waals surface area contributed by atoms with Gasteiger partial charge in [-0.05, 0) is 12.1 Å². The molecule has 0 atom stereocenters. The Labute approximate surface area is 124 Å². The third kappa shape index (κ3) is 3.27. The summed E-state index contributed by atoms with van der Waals surface area (Å²) in [6.45, 7) is 0. The first-order chi connectivity index (χ1) is 9.20. The van der Waals surface area contributed by atoms with Crippen molar-refractivity contribution in [3.05, 3.63) is 34.9 Å². The molecule has 1 heterocycles. The van der Waals surface area contributed by atoms with E-state index in [-0.39, 0.29) is 19.3 Å². The van der Waals surface area contributed by atoms with Crippen LogP contribution in [0.4, 0.5) is 5.69 Å². The quantitative estimate of drug-likeness (QED) is 0.857. The van der Waals surface area contributed by atoms with Gasteiger partial charge in [-0.3, -0.25) is 4.72 Å². The summed E-state index contributed by atoms with van der Waals surface area (Å²) in [5.41, 5.74) is -0.139. The average molecular weight is 354 g/mol. The number of hydrogen-bond acceptors (Lipinski definition) is 6. The molecule has 1 aromatic carbocycles. The van der Waals surface area contributed by atoms with Crippen LogP contribution >= 0.6 is 22.9 Å². The van der Waals surface area contributed by atoms with Crippen molar-refractivity contribution in [2.45, 2.75) is 9.10 Å². The molecule has 7 nitrogen and oxygen atoms in total. The van der Waals surface area contributed by atoms with E-state index in [1.165, 1.54) is 24.3 Å². The first-order valence-electron chi connectivity index (χ1n) is 4.96. The standard InChI is InChI=1S/C9H8ClN3O4S3/c10-9-12-5-8(18-9)20(16,17)13-6-3-1-2-4-7(6)19(11,14)15/h1-5,13H,(H2,11,14,15). The summed E-state index contributed by atoms with van der Waals surface area (Å²) in [4.78, 5) is 3.30. The zero-order chi connectivity index (χ0) is 15.0. The Morgan fingerprint density at radius 3 is 2.40 bits per heavy atom. The summed E-state index contributed by atoms with van der Waals surface area (Å²) in [5, 5.41) is 5.03. The molecule has 0 bridgehead atoms.